The Kier molecular flexibility index (Phi) is 8.19. The van der Waals surface area contributed by atoms with Gasteiger partial charge < -0.3 is 19.5 Å². The molecule has 8 heteroatoms. The molecule has 0 bridgehead atoms. The van der Waals surface area contributed by atoms with Crippen LogP contribution in [0.2, 0.25) is 0 Å². The van der Waals surface area contributed by atoms with Gasteiger partial charge in [-0.1, -0.05) is 13.8 Å². The Hall–Kier alpha value is -3.94. The smallest absolute Gasteiger partial charge is 0.341 e. The van der Waals surface area contributed by atoms with E-state index in [2.05, 4.69) is 24.1 Å². The van der Waals surface area contributed by atoms with Crippen LogP contribution in [-0.2, 0) is 14.2 Å². The van der Waals surface area contributed by atoms with Crippen LogP contribution in [0.5, 0.6) is 0 Å². The van der Waals surface area contributed by atoms with Crippen LogP contribution in [0.4, 0.5) is 11.4 Å². The maximum atomic E-state index is 12.6. The number of carbonyl (C=O) groups excluding carboxylic acids is 3. The monoisotopic (exact) mass is 464 g/mol. The first-order chi connectivity index (χ1) is 16.3. The standard InChI is InChI=1S/C26H28N2O6/c1-5-33-26(31)21-15-27-22-11-8-18(24(29)32-4)14-20(22)23(21)28-19-9-6-17(7-10-19)25(30)34-13-12-16(2)3/h6-11,14-16H,5,12-13H2,1-4H3,(H,27,28). The Bertz CT molecular complexity index is 1190. The maximum Gasteiger partial charge on any atom is 0.341 e. The van der Waals surface area contributed by atoms with Gasteiger partial charge in [0.2, 0.25) is 0 Å². The van der Waals surface area contributed by atoms with Crippen LogP contribution < -0.4 is 5.32 Å². The summed E-state index contributed by atoms with van der Waals surface area (Å²) >= 11 is 0. The number of fused-ring (bicyclic) bond motifs is 1. The minimum atomic E-state index is -0.548. The summed E-state index contributed by atoms with van der Waals surface area (Å²) in [7, 11) is 1.30. The highest BCUT2D eigenvalue weighted by Gasteiger charge is 2.19. The molecule has 2 aromatic carbocycles. The molecule has 3 rings (SSSR count). The van der Waals surface area contributed by atoms with Gasteiger partial charge in [-0.15, -0.1) is 0 Å². The number of methoxy groups -OCH3 is 1. The minimum absolute atomic E-state index is 0.201. The molecule has 0 radical (unpaired) electrons. The minimum Gasteiger partial charge on any atom is -0.465 e. The number of esters is 3. The molecule has 0 saturated heterocycles. The van der Waals surface area contributed by atoms with Gasteiger partial charge in [0.1, 0.15) is 5.56 Å². The molecule has 3 aromatic rings. The van der Waals surface area contributed by atoms with Gasteiger partial charge in [0, 0.05) is 17.3 Å². The highest BCUT2D eigenvalue weighted by Crippen LogP contribution is 2.31. The predicted octanol–water partition coefficient (Wildman–Crippen LogP) is 5.14. The molecule has 0 saturated carbocycles. The number of carbonyl (C=O) groups is 3. The third kappa shape index (κ3) is 5.89. The van der Waals surface area contributed by atoms with Crippen LogP contribution in [0.1, 0.15) is 58.3 Å². The van der Waals surface area contributed by atoms with E-state index in [1.165, 1.54) is 13.3 Å². The molecule has 1 heterocycles. The van der Waals surface area contributed by atoms with E-state index in [4.69, 9.17) is 14.2 Å². The number of pyridine rings is 1. The van der Waals surface area contributed by atoms with Crippen LogP contribution in [0.25, 0.3) is 10.9 Å². The second kappa shape index (κ2) is 11.3. The predicted molar refractivity (Wildman–Crippen MR) is 129 cm³/mol. The number of aromatic nitrogens is 1. The molecule has 34 heavy (non-hydrogen) atoms. The maximum absolute atomic E-state index is 12.6. The third-order valence-electron chi connectivity index (χ3n) is 5.10. The van der Waals surface area contributed by atoms with E-state index >= 15 is 0 Å². The molecule has 0 atom stereocenters. The molecule has 8 nitrogen and oxygen atoms in total. The number of nitrogens with zero attached hydrogens (tertiary/aromatic N) is 1. The Labute approximate surface area is 198 Å². The van der Waals surface area contributed by atoms with Crippen molar-refractivity contribution in [1.29, 1.82) is 0 Å². The fourth-order valence-corrected chi connectivity index (χ4v) is 3.24. The Balaban J connectivity index is 1.95. The van der Waals surface area contributed by atoms with Crippen molar-refractivity contribution in [2.45, 2.75) is 27.2 Å². The lowest BCUT2D eigenvalue weighted by Gasteiger charge is -2.15. The van der Waals surface area contributed by atoms with E-state index in [1.807, 2.05) is 0 Å². The average Bonchev–Trinajstić information content (AvgIpc) is 2.83. The first-order valence-corrected chi connectivity index (χ1v) is 11.1. The number of hydrogen-bond acceptors (Lipinski definition) is 8. The van der Waals surface area contributed by atoms with Crippen molar-refractivity contribution >= 4 is 40.2 Å². The van der Waals surface area contributed by atoms with E-state index < -0.39 is 17.9 Å². The van der Waals surface area contributed by atoms with E-state index in [0.717, 1.165) is 6.42 Å². The Morgan fingerprint density at radius 1 is 0.941 bits per heavy atom. The van der Waals surface area contributed by atoms with Crippen LogP contribution in [0.3, 0.4) is 0 Å². The molecule has 1 N–H and O–H groups in total. The average molecular weight is 465 g/mol. The normalized spacial score (nSPS) is 10.7. The molecule has 0 spiro atoms. The summed E-state index contributed by atoms with van der Waals surface area (Å²) in [6.07, 6.45) is 2.23. The molecule has 1 aromatic heterocycles. The van der Waals surface area contributed by atoms with Crippen molar-refractivity contribution in [2.75, 3.05) is 25.6 Å². The summed E-state index contributed by atoms with van der Waals surface area (Å²) in [5.41, 5.74) is 2.59. The van der Waals surface area contributed by atoms with Gasteiger partial charge in [-0.25, -0.2) is 14.4 Å². The lowest BCUT2D eigenvalue weighted by molar-refractivity contribution is 0.0485. The number of nitrogens with one attached hydrogen (secondary N) is 1. The summed E-state index contributed by atoms with van der Waals surface area (Å²) in [5.74, 6) is -0.998. The van der Waals surface area contributed by atoms with Gasteiger partial charge in [0.25, 0.3) is 0 Å². The zero-order valence-electron chi connectivity index (χ0n) is 19.7. The molecular formula is C26H28N2O6. The van der Waals surface area contributed by atoms with Gasteiger partial charge in [0.05, 0.1) is 42.7 Å². The Morgan fingerprint density at radius 2 is 1.65 bits per heavy atom. The van der Waals surface area contributed by atoms with E-state index in [-0.39, 0.29) is 12.2 Å². The SMILES string of the molecule is CCOC(=O)c1cnc2ccc(C(=O)OC)cc2c1Nc1ccc(C(=O)OCCC(C)C)cc1. The number of anilines is 2. The molecule has 0 aliphatic heterocycles. The fourth-order valence-electron chi connectivity index (χ4n) is 3.24. The lowest BCUT2D eigenvalue weighted by atomic mass is 10.1. The number of hydrogen-bond donors (Lipinski definition) is 1. The van der Waals surface area contributed by atoms with Gasteiger partial charge >= 0.3 is 17.9 Å². The molecule has 0 aliphatic carbocycles. The topological polar surface area (TPSA) is 104 Å². The van der Waals surface area contributed by atoms with Crippen molar-refractivity contribution in [3.63, 3.8) is 0 Å². The number of benzene rings is 2. The summed E-state index contributed by atoms with van der Waals surface area (Å²) in [5, 5.41) is 3.77. The van der Waals surface area contributed by atoms with E-state index in [9.17, 15) is 14.4 Å². The second-order valence-corrected chi connectivity index (χ2v) is 8.01. The van der Waals surface area contributed by atoms with Gasteiger partial charge in [-0.2, -0.15) is 0 Å². The van der Waals surface area contributed by atoms with Crippen LogP contribution in [-0.4, -0.2) is 43.2 Å². The van der Waals surface area contributed by atoms with Crippen molar-refractivity contribution in [3.05, 3.63) is 65.4 Å². The first kappa shape index (κ1) is 24.7. The van der Waals surface area contributed by atoms with Gasteiger partial charge in [0.15, 0.2) is 0 Å². The highest BCUT2D eigenvalue weighted by atomic mass is 16.5. The summed E-state index contributed by atoms with van der Waals surface area (Å²) in [6.45, 7) is 6.41. The van der Waals surface area contributed by atoms with E-state index in [1.54, 1.807) is 49.4 Å². The number of ether oxygens (including phenoxy) is 3. The largest absolute Gasteiger partial charge is 0.465 e. The molecular weight excluding hydrogens is 436 g/mol. The van der Waals surface area contributed by atoms with Crippen LogP contribution in [0.15, 0.2) is 48.7 Å². The lowest BCUT2D eigenvalue weighted by Crippen LogP contribution is -2.10. The zero-order chi connectivity index (χ0) is 24.7. The molecule has 0 fully saturated rings. The molecule has 0 aliphatic rings. The van der Waals surface area contributed by atoms with E-state index in [0.29, 0.717) is 45.9 Å². The van der Waals surface area contributed by atoms with Crippen molar-refractivity contribution in [2.24, 2.45) is 5.92 Å². The highest BCUT2D eigenvalue weighted by molar-refractivity contribution is 6.07. The van der Waals surface area contributed by atoms with Crippen LogP contribution in [0, 0.1) is 5.92 Å². The van der Waals surface area contributed by atoms with Gasteiger partial charge in [-0.3, -0.25) is 4.98 Å². The Morgan fingerprint density at radius 3 is 2.29 bits per heavy atom. The first-order valence-electron chi connectivity index (χ1n) is 11.1. The third-order valence-corrected chi connectivity index (χ3v) is 5.10. The zero-order valence-corrected chi connectivity index (χ0v) is 19.7. The van der Waals surface area contributed by atoms with Crippen molar-refractivity contribution in [3.8, 4) is 0 Å². The molecule has 0 amide bonds. The van der Waals surface area contributed by atoms with Crippen molar-refractivity contribution < 1.29 is 28.6 Å². The second-order valence-electron chi connectivity index (χ2n) is 8.01. The summed E-state index contributed by atoms with van der Waals surface area (Å²) < 4.78 is 15.3. The quantitative estimate of drug-likeness (QED) is 0.343. The summed E-state index contributed by atoms with van der Waals surface area (Å²) in [6, 6.07) is 11.6. The summed E-state index contributed by atoms with van der Waals surface area (Å²) in [4.78, 5) is 41.3. The molecule has 0 unspecified atom stereocenters. The van der Waals surface area contributed by atoms with Crippen LogP contribution >= 0.6 is 0 Å². The molecule has 178 valence electrons. The number of rotatable bonds is 9. The van der Waals surface area contributed by atoms with Gasteiger partial charge in [-0.05, 0) is 61.7 Å². The van der Waals surface area contributed by atoms with Crippen molar-refractivity contribution in [1.82, 2.24) is 4.98 Å². The fraction of sp³-hybridized carbons (Fsp3) is 0.308.